The molecule has 0 aliphatic carbocycles. The molecule has 3 heteroatoms. The van der Waals surface area contributed by atoms with Gasteiger partial charge in [0.1, 0.15) is 0 Å². The second-order valence-electron chi connectivity index (χ2n) is 6.86. The smallest absolute Gasteiger partial charge is 0.262 e. The highest BCUT2D eigenvalue weighted by Gasteiger charge is 2.45. The number of hydrogen-bond acceptors (Lipinski definition) is 2. The average molecular weight is 315 g/mol. The summed E-state index contributed by atoms with van der Waals surface area (Å²) in [5, 5.41) is 0. The van der Waals surface area contributed by atoms with E-state index in [0.29, 0.717) is 17.0 Å². The lowest BCUT2D eigenvalue weighted by atomic mass is 9.91. The van der Waals surface area contributed by atoms with Gasteiger partial charge in [-0.1, -0.05) is 40.2 Å². The third-order valence-corrected chi connectivity index (χ3v) is 5.46. The summed E-state index contributed by atoms with van der Waals surface area (Å²) in [6.45, 7) is 10.5. The van der Waals surface area contributed by atoms with Gasteiger partial charge in [-0.25, -0.2) is 0 Å². The van der Waals surface area contributed by atoms with Crippen LogP contribution >= 0.6 is 0 Å². The lowest BCUT2D eigenvalue weighted by Crippen LogP contribution is -2.49. The predicted octanol–water partition coefficient (Wildman–Crippen LogP) is 5.16. The molecule has 0 spiro atoms. The van der Waals surface area contributed by atoms with E-state index in [2.05, 4.69) is 27.7 Å². The van der Waals surface area contributed by atoms with Gasteiger partial charge in [0.05, 0.1) is 11.1 Å². The van der Waals surface area contributed by atoms with Crippen LogP contribution in [-0.2, 0) is 0 Å². The molecule has 0 saturated heterocycles. The van der Waals surface area contributed by atoms with Crippen LogP contribution in [0, 0.1) is 0 Å². The SMILES string of the molecule is CCCC(C)(CC)N1C(=O)c2ccc(C(CC)CC)cc2C1=O. The Balaban J connectivity index is 2.44. The highest BCUT2D eigenvalue weighted by atomic mass is 16.2. The number of amides is 2. The summed E-state index contributed by atoms with van der Waals surface area (Å²) >= 11 is 0. The van der Waals surface area contributed by atoms with Crippen molar-refractivity contribution in [2.45, 2.75) is 78.2 Å². The van der Waals surface area contributed by atoms with Gasteiger partial charge in [0.15, 0.2) is 0 Å². The van der Waals surface area contributed by atoms with Crippen molar-refractivity contribution >= 4 is 11.8 Å². The van der Waals surface area contributed by atoms with E-state index in [9.17, 15) is 9.59 Å². The van der Waals surface area contributed by atoms with Crippen LogP contribution in [0.1, 0.15) is 98.9 Å². The van der Waals surface area contributed by atoms with Crippen molar-refractivity contribution in [2.24, 2.45) is 0 Å². The van der Waals surface area contributed by atoms with Crippen molar-refractivity contribution in [2.75, 3.05) is 0 Å². The fourth-order valence-electron chi connectivity index (χ4n) is 3.75. The molecule has 1 aliphatic rings. The standard InChI is InChI=1S/C20H29NO2/c1-6-12-20(5,9-4)21-18(22)16-11-10-15(14(7-2)8-3)13-17(16)19(21)23/h10-11,13-14H,6-9,12H2,1-5H3. The molecule has 0 bridgehead atoms. The summed E-state index contributed by atoms with van der Waals surface area (Å²) in [6.07, 6.45) is 4.67. The van der Waals surface area contributed by atoms with E-state index in [-0.39, 0.29) is 11.8 Å². The molecule has 23 heavy (non-hydrogen) atoms. The van der Waals surface area contributed by atoms with Crippen LogP contribution in [0.15, 0.2) is 18.2 Å². The Morgan fingerprint density at radius 2 is 1.61 bits per heavy atom. The van der Waals surface area contributed by atoms with Gasteiger partial charge >= 0.3 is 0 Å². The first-order valence-corrected chi connectivity index (χ1v) is 8.96. The minimum Gasteiger partial charge on any atom is -0.269 e. The number of benzene rings is 1. The first-order valence-electron chi connectivity index (χ1n) is 8.96. The number of hydrogen-bond donors (Lipinski definition) is 0. The maximum absolute atomic E-state index is 12.9. The van der Waals surface area contributed by atoms with E-state index in [1.54, 1.807) is 0 Å². The molecular weight excluding hydrogens is 286 g/mol. The molecule has 1 aliphatic heterocycles. The Labute approximate surface area is 140 Å². The second kappa shape index (κ2) is 6.86. The number of fused-ring (bicyclic) bond motifs is 1. The third-order valence-electron chi connectivity index (χ3n) is 5.46. The minimum absolute atomic E-state index is 0.115. The Morgan fingerprint density at radius 3 is 2.13 bits per heavy atom. The molecule has 2 amide bonds. The molecule has 0 fully saturated rings. The summed E-state index contributed by atoms with van der Waals surface area (Å²) in [5.74, 6) is 0.208. The van der Waals surface area contributed by atoms with Crippen LogP contribution in [0.5, 0.6) is 0 Å². The number of imide groups is 1. The number of carbonyl (C=O) groups is 2. The van der Waals surface area contributed by atoms with Crippen LogP contribution in [0.4, 0.5) is 0 Å². The molecule has 0 radical (unpaired) electrons. The highest BCUT2D eigenvalue weighted by molar-refractivity contribution is 6.22. The van der Waals surface area contributed by atoms with E-state index < -0.39 is 5.54 Å². The fourth-order valence-corrected chi connectivity index (χ4v) is 3.75. The van der Waals surface area contributed by atoms with Gasteiger partial charge in [-0.2, -0.15) is 0 Å². The molecule has 3 nitrogen and oxygen atoms in total. The topological polar surface area (TPSA) is 37.4 Å². The van der Waals surface area contributed by atoms with E-state index in [4.69, 9.17) is 0 Å². The van der Waals surface area contributed by atoms with E-state index in [1.807, 2.05) is 25.1 Å². The number of nitrogens with zero attached hydrogens (tertiary/aromatic N) is 1. The molecule has 1 atom stereocenters. The molecule has 0 aromatic heterocycles. The van der Waals surface area contributed by atoms with E-state index in [1.165, 1.54) is 10.5 Å². The number of carbonyl (C=O) groups excluding carboxylic acids is 2. The highest BCUT2D eigenvalue weighted by Crippen LogP contribution is 2.36. The Hall–Kier alpha value is -1.64. The van der Waals surface area contributed by atoms with Crippen molar-refractivity contribution in [3.8, 4) is 0 Å². The Bertz CT molecular complexity index is 604. The average Bonchev–Trinajstić information content (AvgIpc) is 2.80. The summed E-state index contributed by atoms with van der Waals surface area (Å²) in [5.41, 5.74) is 1.94. The molecular formula is C20H29NO2. The Morgan fingerprint density at radius 1 is 1.00 bits per heavy atom. The van der Waals surface area contributed by atoms with Gasteiger partial charge in [-0.15, -0.1) is 0 Å². The summed E-state index contributed by atoms with van der Waals surface area (Å²) < 4.78 is 0. The van der Waals surface area contributed by atoms with Crippen LogP contribution in [0.25, 0.3) is 0 Å². The van der Waals surface area contributed by atoms with Crippen molar-refractivity contribution in [3.05, 3.63) is 34.9 Å². The molecule has 0 N–H and O–H groups in total. The molecule has 1 unspecified atom stereocenters. The number of rotatable bonds is 7. The first kappa shape index (κ1) is 17.7. The quantitative estimate of drug-likeness (QED) is 0.652. The summed E-state index contributed by atoms with van der Waals surface area (Å²) in [4.78, 5) is 27.3. The zero-order valence-electron chi connectivity index (χ0n) is 15.1. The molecule has 1 aromatic rings. The monoisotopic (exact) mass is 315 g/mol. The largest absolute Gasteiger partial charge is 0.269 e. The van der Waals surface area contributed by atoms with Crippen LogP contribution in [-0.4, -0.2) is 22.3 Å². The third kappa shape index (κ3) is 2.93. The summed E-state index contributed by atoms with van der Waals surface area (Å²) in [6, 6.07) is 5.83. The maximum Gasteiger partial charge on any atom is 0.262 e. The molecule has 1 heterocycles. The van der Waals surface area contributed by atoms with E-state index >= 15 is 0 Å². The lowest BCUT2D eigenvalue weighted by Gasteiger charge is -2.36. The van der Waals surface area contributed by atoms with Crippen LogP contribution < -0.4 is 0 Å². The molecule has 2 rings (SSSR count). The van der Waals surface area contributed by atoms with Gasteiger partial charge in [-0.05, 0) is 56.2 Å². The van der Waals surface area contributed by atoms with Crippen molar-refractivity contribution in [1.29, 1.82) is 0 Å². The van der Waals surface area contributed by atoms with Gasteiger partial charge < -0.3 is 0 Å². The predicted molar refractivity (Wildman–Crippen MR) is 93.9 cm³/mol. The first-order chi connectivity index (χ1) is 10.9. The Kier molecular flexibility index (Phi) is 5.28. The zero-order valence-corrected chi connectivity index (χ0v) is 15.1. The van der Waals surface area contributed by atoms with Crippen LogP contribution in [0.3, 0.4) is 0 Å². The van der Waals surface area contributed by atoms with Gasteiger partial charge in [-0.3, -0.25) is 14.5 Å². The van der Waals surface area contributed by atoms with Crippen molar-refractivity contribution in [1.82, 2.24) is 4.90 Å². The van der Waals surface area contributed by atoms with E-state index in [0.717, 1.165) is 32.1 Å². The van der Waals surface area contributed by atoms with Crippen molar-refractivity contribution in [3.63, 3.8) is 0 Å². The van der Waals surface area contributed by atoms with Crippen LogP contribution in [0.2, 0.25) is 0 Å². The zero-order chi connectivity index (χ0) is 17.2. The fraction of sp³-hybridized carbons (Fsp3) is 0.600. The second-order valence-corrected chi connectivity index (χ2v) is 6.86. The van der Waals surface area contributed by atoms with Crippen molar-refractivity contribution < 1.29 is 9.59 Å². The normalized spacial score (nSPS) is 16.9. The maximum atomic E-state index is 12.9. The van der Waals surface area contributed by atoms with Gasteiger partial charge in [0.25, 0.3) is 11.8 Å². The molecule has 0 saturated carbocycles. The van der Waals surface area contributed by atoms with Gasteiger partial charge in [0.2, 0.25) is 0 Å². The molecule has 1 aromatic carbocycles. The summed E-state index contributed by atoms with van der Waals surface area (Å²) in [7, 11) is 0. The van der Waals surface area contributed by atoms with Gasteiger partial charge in [0, 0.05) is 5.54 Å². The minimum atomic E-state index is -0.392. The lowest BCUT2D eigenvalue weighted by molar-refractivity contribution is 0.0424. The molecule has 126 valence electrons.